The van der Waals surface area contributed by atoms with Gasteiger partial charge in [-0.25, -0.2) is 4.98 Å². The maximum absolute atomic E-state index is 4.40. The third-order valence-electron chi connectivity index (χ3n) is 4.60. The van der Waals surface area contributed by atoms with Crippen molar-refractivity contribution in [2.45, 2.75) is 25.4 Å². The zero-order chi connectivity index (χ0) is 14.8. The summed E-state index contributed by atoms with van der Waals surface area (Å²) in [5, 5.41) is 7.08. The van der Waals surface area contributed by atoms with Crippen molar-refractivity contribution in [2.24, 2.45) is 0 Å². The quantitative estimate of drug-likeness (QED) is 0.909. The maximum atomic E-state index is 4.40. The molecule has 0 bridgehead atoms. The molecule has 1 atom stereocenters. The van der Waals surface area contributed by atoms with Gasteiger partial charge < -0.3 is 10.6 Å². The van der Waals surface area contributed by atoms with E-state index in [2.05, 4.69) is 56.9 Å². The van der Waals surface area contributed by atoms with Crippen molar-refractivity contribution in [3.63, 3.8) is 0 Å². The molecule has 4 heteroatoms. The van der Waals surface area contributed by atoms with E-state index >= 15 is 0 Å². The van der Waals surface area contributed by atoms with Gasteiger partial charge >= 0.3 is 0 Å². The van der Waals surface area contributed by atoms with Crippen LogP contribution in [-0.4, -0.2) is 35.6 Å². The molecule has 2 aliphatic rings. The summed E-state index contributed by atoms with van der Waals surface area (Å²) in [6, 6.07) is 13.4. The van der Waals surface area contributed by atoms with E-state index in [4.69, 9.17) is 0 Å². The van der Waals surface area contributed by atoms with Crippen LogP contribution in [-0.2, 0) is 13.0 Å². The topological polar surface area (TPSA) is 40.2 Å². The first kappa shape index (κ1) is 13.6. The van der Waals surface area contributed by atoms with Crippen LogP contribution in [0, 0.1) is 0 Å². The van der Waals surface area contributed by atoms with Gasteiger partial charge in [-0.05, 0) is 24.5 Å². The molecule has 4 rings (SSSR count). The number of anilines is 2. The van der Waals surface area contributed by atoms with Crippen molar-refractivity contribution in [1.29, 1.82) is 0 Å². The zero-order valence-electron chi connectivity index (χ0n) is 12.8. The van der Waals surface area contributed by atoms with Gasteiger partial charge in [0, 0.05) is 49.7 Å². The Morgan fingerprint density at radius 2 is 2.14 bits per heavy atom. The molecule has 2 N–H and O–H groups in total. The third kappa shape index (κ3) is 2.79. The van der Waals surface area contributed by atoms with Crippen molar-refractivity contribution in [3.05, 3.63) is 53.7 Å². The SMILES string of the molecule is c1ccc(CN2CC[C@H](Nc3ccnc4c3CCN4)C2)cc1. The van der Waals surface area contributed by atoms with Gasteiger partial charge in [-0.1, -0.05) is 30.3 Å². The number of nitrogens with zero attached hydrogens (tertiary/aromatic N) is 2. The lowest BCUT2D eigenvalue weighted by molar-refractivity contribution is 0.328. The van der Waals surface area contributed by atoms with E-state index in [1.807, 2.05) is 6.20 Å². The molecule has 0 aliphatic carbocycles. The van der Waals surface area contributed by atoms with E-state index in [-0.39, 0.29) is 0 Å². The van der Waals surface area contributed by atoms with Gasteiger partial charge in [0.25, 0.3) is 0 Å². The molecule has 0 amide bonds. The highest BCUT2D eigenvalue weighted by molar-refractivity contribution is 5.64. The summed E-state index contributed by atoms with van der Waals surface area (Å²) in [6.07, 6.45) is 4.18. The van der Waals surface area contributed by atoms with E-state index in [1.54, 1.807) is 0 Å². The van der Waals surface area contributed by atoms with E-state index in [1.165, 1.54) is 23.2 Å². The first-order valence-corrected chi connectivity index (χ1v) is 8.13. The normalized spacial score (nSPS) is 20.6. The van der Waals surface area contributed by atoms with Crippen LogP contribution in [0.5, 0.6) is 0 Å². The first-order chi connectivity index (χ1) is 10.9. The van der Waals surface area contributed by atoms with Gasteiger partial charge in [-0.3, -0.25) is 4.90 Å². The molecule has 0 radical (unpaired) electrons. The van der Waals surface area contributed by atoms with Crippen molar-refractivity contribution in [3.8, 4) is 0 Å². The molecule has 4 nitrogen and oxygen atoms in total. The smallest absolute Gasteiger partial charge is 0.131 e. The molecule has 1 saturated heterocycles. The zero-order valence-corrected chi connectivity index (χ0v) is 12.8. The lowest BCUT2D eigenvalue weighted by Gasteiger charge is -2.18. The van der Waals surface area contributed by atoms with Gasteiger partial charge in [0.2, 0.25) is 0 Å². The molecule has 0 saturated carbocycles. The minimum Gasteiger partial charge on any atom is -0.381 e. The summed E-state index contributed by atoms with van der Waals surface area (Å²) in [7, 11) is 0. The Bertz CT molecular complexity index is 641. The average Bonchev–Trinajstić information content (AvgIpc) is 3.18. The molecule has 114 valence electrons. The Morgan fingerprint density at radius 3 is 3.05 bits per heavy atom. The molecular weight excluding hydrogens is 272 g/mol. The lowest BCUT2D eigenvalue weighted by atomic mass is 10.1. The maximum Gasteiger partial charge on any atom is 0.131 e. The fraction of sp³-hybridized carbons (Fsp3) is 0.389. The summed E-state index contributed by atoms with van der Waals surface area (Å²) in [6.45, 7) is 4.33. The Kier molecular flexibility index (Phi) is 3.69. The summed E-state index contributed by atoms with van der Waals surface area (Å²) in [5.74, 6) is 1.06. The summed E-state index contributed by atoms with van der Waals surface area (Å²) in [4.78, 5) is 6.94. The third-order valence-corrected chi connectivity index (χ3v) is 4.60. The molecule has 1 aromatic carbocycles. The number of aromatic nitrogens is 1. The van der Waals surface area contributed by atoms with Crippen molar-refractivity contribution in [2.75, 3.05) is 30.3 Å². The molecule has 22 heavy (non-hydrogen) atoms. The first-order valence-electron chi connectivity index (χ1n) is 8.13. The summed E-state index contributed by atoms with van der Waals surface area (Å²) < 4.78 is 0. The van der Waals surface area contributed by atoms with Crippen molar-refractivity contribution >= 4 is 11.5 Å². The number of rotatable bonds is 4. The Hall–Kier alpha value is -2.07. The average molecular weight is 294 g/mol. The highest BCUT2D eigenvalue weighted by Crippen LogP contribution is 2.28. The number of hydrogen-bond acceptors (Lipinski definition) is 4. The molecular formula is C18H22N4. The fourth-order valence-electron chi connectivity index (χ4n) is 3.49. The predicted molar refractivity (Wildman–Crippen MR) is 90.2 cm³/mol. The molecule has 1 fully saturated rings. The van der Waals surface area contributed by atoms with Crippen LogP contribution >= 0.6 is 0 Å². The molecule has 2 aliphatic heterocycles. The number of likely N-dealkylation sites (tertiary alicyclic amines) is 1. The molecule has 3 heterocycles. The van der Waals surface area contributed by atoms with Gasteiger partial charge in [-0.2, -0.15) is 0 Å². The monoisotopic (exact) mass is 294 g/mol. The van der Waals surface area contributed by atoms with Crippen LogP contribution in [0.15, 0.2) is 42.6 Å². The van der Waals surface area contributed by atoms with Crippen LogP contribution in [0.1, 0.15) is 17.5 Å². The minimum atomic E-state index is 0.538. The van der Waals surface area contributed by atoms with Crippen LogP contribution in [0.4, 0.5) is 11.5 Å². The van der Waals surface area contributed by atoms with E-state index < -0.39 is 0 Å². The van der Waals surface area contributed by atoms with Gasteiger partial charge in [0.05, 0.1) is 0 Å². The molecule has 0 unspecified atom stereocenters. The van der Waals surface area contributed by atoms with Gasteiger partial charge in [0.15, 0.2) is 0 Å². The van der Waals surface area contributed by atoms with Crippen LogP contribution < -0.4 is 10.6 Å². The standard InChI is InChI=1S/C18H22N4/c1-2-4-14(5-3-1)12-22-11-8-15(13-22)21-17-7-10-20-18-16(17)6-9-19-18/h1-5,7,10,15H,6,8-9,11-13H2,(H2,19,20,21)/t15-/m0/s1. The second-order valence-electron chi connectivity index (χ2n) is 6.21. The van der Waals surface area contributed by atoms with E-state index in [0.717, 1.165) is 38.4 Å². The van der Waals surface area contributed by atoms with E-state index in [9.17, 15) is 0 Å². The van der Waals surface area contributed by atoms with E-state index in [0.29, 0.717) is 6.04 Å². The fourth-order valence-corrected chi connectivity index (χ4v) is 3.49. The van der Waals surface area contributed by atoms with Crippen molar-refractivity contribution in [1.82, 2.24) is 9.88 Å². The lowest BCUT2D eigenvalue weighted by Crippen LogP contribution is -2.26. The Morgan fingerprint density at radius 1 is 1.23 bits per heavy atom. The summed E-state index contributed by atoms with van der Waals surface area (Å²) >= 11 is 0. The van der Waals surface area contributed by atoms with Crippen LogP contribution in [0.2, 0.25) is 0 Å². The second kappa shape index (κ2) is 5.97. The molecule has 2 aromatic rings. The summed E-state index contributed by atoms with van der Waals surface area (Å²) in [5.41, 5.74) is 4.02. The van der Waals surface area contributed by atoms with Gasteiger partial charge in [-0.15, -0.1) is 0 Å². The number of benzene rings is 1. The van der Waals surface area contributed by atoms with Crippen molar-refractivity contribution < 1.29 is 0 Å². The Balaban J connectivity index is 1.39. The number of hydrogen-bond donors (Lipinski definition) is 2. The Labute approximate surface area is 131 Å². The number of pyridine rings is 1. The van der Waals surface area contributed by atoms with Crippen LogP contribution in [0.3, 0.4) is 0 Å². The highest BCUT2D eigenvalue weighted by Gasteiger charge is 2.24. The largest absolute Gasteiger partial charge is 0.381 e. The minimum absolute atomic E-state index is 0.538. The van der Waals surface area contributed by atoms with Crippen LogP contribution in [0.25, 0.3) is 0 Å². The highest BCUT2D eigenvalue weighted by atomic mass is 15.2. The molecule has 0 spiro atoms. The number of fused-ring (bicyclic) bond motifs is 1. The predicted octanol–water partition coefficient (Wildman–Crippen LogP) is 2.74. The van der Waals surface area contributed by atoms with Gasteiger partial charge in [0.1, 0.15) is 5.82 Å². The molecule has 1 aromatic heterocycles. The second-order valence-corrected chi connectivity index (χ2v) is 6.21. The number of nitrogens with one attached hydrogen (secondary N) is 2.